The van der Waals surface area contributed by atoms with Crippen LogP contribution < -0.4 is 0 Å². The van der Waals surface area contributed by atoms with Crippen LogP contribution in [0.3, 0.4) is 0 Å². The van der Waals surface area contributed by atoms with E-state index in [9.17, 15) is 0 Å². The molecule has 0 saturated heterocycles. The van der Waals surface area contributed by atoms with Gasteiger partial charge < -0.3 is 0 Å². The zero-order valence-corrected chi connectivity index (χ0v) is 11.7. The van der Waals surface area contributed by atoms with Crippen LogP contribution in [0, 0.1) is 0 Å². The maximum absolute atomic E-state index is 3.48. The Morgan fingerprint density at radius 2 is 1.94 bits per heavy atom. The van der Waals surface area contributed by atoms with Crippen molar-refractivity contribution in [3.63, 3.8) is 0 Å². The Morgan fingerprint density at radius 1 is 1.12 bits per heavy atom. The number of allylic oxidation sites excluding steroid dienone is 1. The summed E-state index contributed by atoms with van der Waals surface area (Å²) in [6.45, 7) is 2.26. The molecule has 0 aromatic heterocycles. The summed E-state index contributed by atoms with van der Waals surface area (Å²) < 4.78 is 1.15. The van der Waals surface area contributed by atoms with Crippen LogP contribution in [0.15, 0.2) is 34.8 Å². The van der Waals surface area contributed by atoms with Crippen molar-refractivity contribution in [2.45, 2.75) is 45.4 Å². The lowest BCUT2D eigenvalue weighted by Crippen LogP contribution is -1.76. The van der Waals surface area contributed by atoms with Crippen LogP contribution in [0.4, 0.5) is 0 Å². The lowest BCUT2D eigenvalue weighted by atomic mass is 10.1. The molecule has 0 heterocycles. The topological polar surface area (TPSA) is 0 Å². The number of hydrogen-bond donors (Lipinski definition) is 0. The maximum atomic E-state index is 3.48. The molecule has 0 nitrogen and oxygen atoms in total. The van der Waals surface area contributed by atoms with Gasteiger partial charge in [0.1, 0.15) is 0 Å². The summed E-state index contributed by atoms with van der Waals surface area (Å²) in [4.78, 5) is 0. The molecule has 0 spiro atoms. The lowest BCUT2D eigenvalue weighted by Gasteiger charge is -1.97. The van der Waals surface area contributed by atoms with Gasteiger partial charge in [0, 0.05) is 4.47 Å². The van der Waals surface area contributed by atoms with Gasteiger partial charge in [-0.2, -0.15) is 0 Å². The van der Waals surface area contributed by atoms with Crippen LogP contribution in [0.5, 0.6) is 0 Å². The predicted molar refractivity (Wildman–Crippen MR) is 76.6 cm³/mol. The standard InChI is InChI=1S/C15H21Br/c1-2-3-4-5-6-7-8-10-14-11-9-12-15(16)13-14/h8-13H,2-7H2,1H3/b10-8+. The van der Waals surface area contributed by atoms with Crippen LogP contribution in [0.25, 0.3) is 6.08 Å². The molecule has 0 bridgehead atoms. The largest absolute Gasteiger partial charge is 0.0839 e. The summed E-state index contributed by atoms with van der Waals surface area (Å²) in [5.41, 5.74) is 1.28. The van der Waals surface area contributed by atoms with Crippen molar-refractivity contribution in [3.05, 3.63) is 40.4 Å². The van der Waals surface area contributed by atoms with Crippen LogP contribution in [-0.4, -0.2) is 0 Å². The SMILES string of the molecule is CCCCCCC/C=C/c1cccc(Br)c1. The van der Waals surface area contributed by atoms with Gasteiger partial charge in [0.05, 0.1) is 0 Å². The highest BCUT2D eigenvalue weighted by Gasteiger charge is 1.89. The first-order valence-corrected chi connectivity index (χ1v) is 7.04. The normalized spacial score (nSPS) is 11.1. The highest BCUT2D eigenvalue weighted by molar-refractivity contribution is 9.10. The van der Waals surface area contributed by atoms with E-state index in [2.05, 4.69) is 59.3 Å². The van der Waals surface area contributed by atoms with Gasteiger partial charge in [0.15, 0.2) is 0 Å². The zero-order valence-electron chi connectivity index (χ0n) is 10.1. The van der Waals surface area contributed by atoms with Crippen LogP contribution in [0.1, 0.15) is 51.0 Å². The molecule has 0 atom stereocenters. The van der Waals surface area contributed by atoms with E-state index in [4.69, 9.17) is 0 Å². The van der Waals surface area contributed by atoms with Gasteiger partial charge in [0.25, 0.3) is 0 Å². The third-order valence-electron chi connectivity index (χ3n) is 2.63. The molecule has 1 aromatic carbocycles. The Labute approximate surface area is 108 Å². The van der Waals surface area contributed by atoms with E-state index in [0.717, 1.165) is 4.47 Å². The molecule has 1 aromatic rings. The third kappa shape index (κ3) is 6.12. The summed E-state index contributed by atoms with van der Waals surface area (Å²) in [5, 5.41) is 0. The molecule has 88 valence electrons. The van der Waals surface area contributed by atoms with E-state index < -0.39 is 0 Å². The summed E-state index contributed by atoms with van der Waals surface area (Å²) in [7, 11) is 0. The second kappa shape index (κ2) is 8.58. The number of halogens is 1. The molecule has 0 aliphatic rings. The molecule has 0 N–H and O–H groups in total. The molecule has 0 unspecified atom stereocenters. The zero-order chi connectivity index (χ0) is 11.6. The van der Waals surface area contributed by atoms with E-state index in [1.807, 2.05) is 0 Å². The fraction of sp³-hybridized carbons (Fsp3) is 0.467. The van der Waals surface area contributed by atoms with Crippen molar-refractivity contribution in [3.8, 4) is 0 Å². The molecule has 0 aliphatic carbocycles. The van der Waals surface area contributed by atoms with Crippen molar-refractivity contribution in [1.29, 1.82) is 0 Å². The number of benzene rings is 1. The van der Waals surface area contributed by atoms with Crippen molar-refractivity contribution < 1.29 is 0 Å². The minimum atomic E-state index is 1.15. The summed E-state index contributed by atoms with van der Waals surface area (Å²) in [6, 6.07) is 8.42. The van der Waals surface area contributed by atoms with Gasteiger partial charge in [-0.05, 0) is 30.5 Å². The van der Waals surface area contributed by atoms with Crippen LogP contribution >= 0.6 is 15.9 Å². The molecule has 0 radical (unpaired) electrons. The van der Waals surface area contributed by atoms with Crippen molar-refractivity contribution in [2.75, 3.05) is 0 Å². The Kier molecular flexibility index (Phi) is 7.24. The molecule has 0 amide bonds. The molecule has 16 heavy (non-hydrogen) atoms. The Morgan fingerprint density at radius 3 is 2.69 bits per heavy atom. The van der Waals surface area contributed by atoms with Gasteiger partial charge in [0.2, 0.25) is 0 Å². The van der Waals surface area contributed by atoms with Crippen LogP contribution in [-0.2, 0) is 0 Å². The maximum Gasteiger partial charge on any atom is 0.0181 e. The molecule has 0 saturated carbocycles. The van der Waals surface area contributed by atoms with Crippen molar-refractivity contribution in [1.82, 2.24) is 0 Å². The lowest BCUT2D eigenvalue weighted by molar-refractivity contribution is 0.638. The minimum Gasteiger partial charge on any atom is -0.0839 e. The van der Waals surface area contributed by atoms with Crippen molar-refractivity contribution >= 4 is 22.0 Å². The smallest absolute Gasteiger partial charge is 0.0181 e. The van der Waals surface area contributed by atoms with E-state index in [1.54, 1.807) is 0 Å². The van der Waals surface area contributed by atoms with E-state index in [0.29, 0.717) is 0 Å². The van der Waals surface area contributed by atoms with Gasteiger partial charge in [-0.3, -0.25) is 0 Å². The molecule has 1 rings (SSSR count). The number of hydrogen-bond acceptors (Lipinski definition) is 0. The molecule has 0 aliphatic heterocycles. The predicted octanol–water partition coefficient (Wildman–Crippen LogP) is 5.82. The molecule has 0 fully saturated rings. The molecular weight excluding hydrogens is 260 g/mol. The third-order valence-corrected chi connectivity index (χ3v) is 3.13. The second-order valence-electron chi connectivity index (χ2n) is 4.16. The average molecular weight is 281 g/mol. The number of rotatable bonds is 7. The molecular formula is C15H21Br. The average Bonchev–Trinajstić information content (AvgIpc) is 2.28. The summed E-state index contributed by atoms with van der Waals surface area (Å²) in [5.74, 6) is 0. The first-order chi connectivity index (χ1) is 7.83. The quantitative estimate of drug-likeness (QED) is 0.552. The molecule has 1 heteroatoms. The van der Waals surface area contributed by atoms with Gasteiger partial charge in [-0.25, -0.2) is 0 Å². The van der Waals surface area contributed by atoms with Crippen LogP contribution in [0.2, 0.25) is 0 Å². The van der Waals surface area contributed by atoms with Gasteiger partial charge in [-0.1, -0.05) is 72.8 Å². The first kappa shape index (κ1) is 13.5. The second-order valence-corrected chi connectivity index (χ2v) is 5.08. The van der Waals surface area contributed by atoms with E-state index in [1.165, 1.54) is 44.1 Å². The highest BCUT2D eigenvalue weighted by Crippen LogP contribution is 2.13. The fourth-order valence-corrected chi connectivity index (χ4v) is 2.11. The Balaban J connectivity index is 2.17. The van der Waals surface area contributed by atoms with E-state index in [-0.39, 0.29) is 0 Å². The Bertz CT molecular complexity index is 315. The van der Waals surface area contributed by atoms with Gasteiger partial charge >= 0.3 is 0 Å². The minimum absolute atomic E-state index is 1.15. The monoisotopic (exact) mass is 280 g/mol. The van der Waals surface area contributed by atoms with E-state index >= 15 is 0 Å². The summed E-state index contributed by atoms with van der Waals surface area (Å²) in [6.07, 6.45) is 12.5. The summed E-state index contributed by atoms with van der Waals surface area (Å²) >= 11 is 3.48. The fourth-order valence-electron chi connectivity index (χ4n) is 1.70. The number of unbranched alkanes of at least 4 members (excludes halogenated alkanes) is 5. The Hall–Kier alpha value is -0.560. The van der Waals surface area contributed by atoms with Crippen molar-refractivity contribution in [2.24, 2.45) is 0 Å². The highest BCUT2D eigenvalue weighted by atomic mass is 79.9. The van der Waals surface area contributed by atoms with Gasteiger partial charge in [-0.15, -0.1) is 0 Å². The first-order valence-electron chi connectivity index (χ1n) is 6.25.